The maximum atomic E-state index is 5.87. The Morgan fingerprint density at radius 2 is 2.00 bits per heavy atom. The van der Waals surface area contributed by atoms with Gasteiger partial charge in [0.05, 0.1) is 10.0 Å². The lowest BCUT2D eigenvalue weighted by Gasteiger charge is -2.17. The number of nitrogens with zero attached hydrogens (tertiary/aromatic N) is 2. The van der Waals surface area contributed by atoms with Crippen molar-refractivity contribution in [1.29, 1.82) is 0 Å². The third kappa shape index (κ3) is 2.30. The van der Waals surface area contributed by atoms with Gasteiger partial charge in [-0.05, 0) is 18.2 Å². The minimum absolute atomic E-state index is 0.420. The molecule has 0 radical (unpaired) electrons. The van der Waals surface area contributed by atoms with E-state index in [-0.39, 0.29) is 0 Å². The van der Waals surface area contributed by atoms with Gasteiger partial charge in [0, 0.05) is 19.8 Å². The molecule has 0 fully saturated rings. The zero-order valence-electron chi connectivity index (χ0n) is 7.96. The minimum atomic E-state index is 0.420. The lowest BCUT2D eigenvalue weighted by molar-refractivity contribution is 1.20. The van der Waals surface area contributed by atoms with E-state index in [1.807, 2.05) is 13.1 Å². The summed E-state index contributed by atoms with van der Waals surface area (Å²) in [4.78, 5) is 5.59. The molecule has 1 aromatic rings. The van der Waals surface area contributed by atoms with Crippen LogP contribution in [-0.4, -0.2) is 20.1 Å². The smallest absolute Gasteiger partial charge is 0.195 e. The Hall–Kier alpha value is -0.930. The van der Waals surface area contributed by atoms with E-state index in [9.17, 15) is 0 Å². The first-order valence-corrected chi connectivity index (χ1v) is 4.73. The van der Waals surface area contributed by atoms with Crippen molar-refractivity contribution < 1.29 is 0 Å². The topological polar surface area (TPSA) is 41.6 Å². The van der Waals surface area contributed by atoms with Gasteiger partial charge in [-0.2, -0.15) is 0 Å². The van der Waals surface area contributed by atoms with Crippen LogP contribution in [0.4, 0.5) is 5.69 Å². The van der Waals surface area contributed by atoms with Crippen molar-refractivity contribution in [2.75, 3.05) is 19.0 Å². The lowest BCUT2D eigenvalue weighted by atomic mass is 10.3. The summed E-state index contributed by atoms with van der Waals surface area (Å²) in [7, 11) is 3.44. The number of rotatable bonds is 1. The van der Waals surface area contributed by atoms with Crippen LogP contribution in [0.3, 0.4) is 0 Å². The van der Waals surface area contributed by atoms with E-state index in [4.69, 9.17) is 28.9 Å². The summed E-state index contributed by atoms with van der Waals surface area (Å²) >= 11 is 11.7. The monoisotopic (exact) mass is 231 g/mol. The number of guanidine groups is 1. The number of nitrogens with two attached hydrogens (primary N) is 1. The predicted octanol–water partition coefficient (Wildman–Crippen LogP) is 2.37. The quantitative estimate of drug-likeness (QED) is 0.596. The molecule has 0 bridgehead atoms. The van der Waals surface area contributed by atoms with Crippen LogP contribution in [-0.2, 0) is 0 Å². The van der Waals surface area contributed by atoms with Crippen LogP contribution in [0.15, 0.2) is 23.2 Å². The van der Waals surface area contributed by atoms with Gasteiger partial charge in [-0.1, -0.05) is 23.2 Å². The fraction of sp³-hybridized carbons (Fsp3) is 0.222. The van der Waals surface area contributed by atoms with E-state index < -0.39 is 0 Å². The van der Waals surface area contributed by atoms with Gasteiger partial charge in [-0.25, -0.2) is 0 Å². The third-order valence-electron chi connectivity index (χ3n) is 1.86. The molecule has 2 N–H and O–H groups in total. The fourth-order valence-electron chi connectivity index (χ4n) is 0.976. The molecule has 1 rings (SSSR count). The van der Waals surface area contributed by atoms with Gasteiger partial charge < -0.3 is 10.6 Å². The zero-order valence-corrected chi connectivity index (χ0v) is 9.47. The Bertz CT molecular complexity index is 363. The molecule has 0 aliphatic rings. The fourth-order valence-corrected chi connectivity index (χ4v) is 1.27. The average Bonchev–Trinajstić information content (AvgIpc) is 2.20. The van der Waals surface area contributed by atoms with E-state index in [1.54, 1.807) is 24.1 Å². The number of benzene rings is 1. The second kappa shape index (κ2) is 4.53. The average molecular weight is 232 g/mol. The van der Waals surface area contributed by atoms with Crippen LogP contribution >= 0.6 is 23.2 Å². The first-order valence-electron chi connectivity index (χ1n) is 3.97. The van der Waals surface area contributed by atoms with Crippen LogP contribution in [0.2, 0.25) is 10.0 Å². The number of hydrogen-bond acceptors (Lipinski definition) is 1. The molecule has 0 aliphatic heterocycles. The van der Waals surface area contributed by atoms with Crippen molar-refractivity contribution in [2.45, 2.75) is 0 Å². The molecule has 0 saturated carbocycles. The van der Waals surface area contributed by atoms with Crippen molar-refractivity contribution in [3.05, 3.63) is 28.2 Å². The molecule has 0 heterocycles. The van der Waals surface area contributed by atoms with E-state index in [1.165, 1.54) is 0 Å². The van der Waals surface area contributed by atoms with Gasteiger partial charge in [0.25, 0.3) is 0 Å². The zero-order chi connectivity index (χ0) is 10.7. The molecular weight excluding hydrogens is 221 g/mol. The molecule has 0 aromatic heterocycles. The standard InChI is InChI=1S/C9H11Cl2N3/c1-13-9(12)14(2)6-3-4-7(10)8(11)5-6/h3-5H,1-2H3,(H2,12,13). The molecule has 76 valence electrons. The van der Waals surface area contributed by atoms with E-state index in [2.05, 4.69) is 4.99 Å². The summed E-state index contributed by atoms with van der Waals surface area (Å²) in [6, 6.07) is 5.28. The van der Waals surface area contributed by atoms with Crippen molar-refractivity contribution in [3.63, 3.8) is 0 Å². The van der Waals surface area contributed by atoms with E-state index in [0.717, 1.165) is 5.69 Å². The number of halogens is 2. The largest absolute Gasteiger partial charge is 0.370 e. The third-order valence-corrected chi connectivity index (χ3v) is 2.60. The van der Waals surface area contributed by atoms with Crippen molar-refractivity contribution in [3.8, 4) is 0 Å². The van der Waals surface area contributed by atoms with Crippen LogP contribution in [0, 0.1) is 0 Å². The SMILES string of the molecule is CN=C(N)N(C)c1ccc(Cl)c(Cl)c1. The van der Waals surface area contributed by atoms with Gasteiger partial charge in [-0.3, -0.25) is 4.99 Å². The highest BCUT2D eigenvalue weighted by Gasteiger charge is 2.06. The molecule has 5 heteroatoms. The highest BCUT2D eigenvalue weighted by Crippen LogP contribution is 2.26. The van der Waals surface area contributed by atoms with E-state index in [0.29, 0.717) is 16.0 Å². The number of anilines is 1. The van der Waals surface area contributed by atoms with Crippen LogP contribution < -0.4 is 10.6 Å². The Labute approximate surface area is 93.1 Å². The van der Waals surface area contributed by atoms with Crippen LogP contribution in [0.1, 0.15) is 0 Å². The molecule has 0 saturated heterocycles. The Kier molecular flexibility index (Phi) is 3.61. The molecule has 3 nitrogen and oxygen atoms in total. The molecule has 0 aliphatic carbocycles. The summed E-state index contributed by atoms with van der Waals surface area (Å²) < 4.78 is 0. The normalized spacial score (nSPS) is 11.6. The Morgan fingerprint density at radius 3 is 2.50 bits per heavy atom. The Balaban J connectivity index is 3.03. The maximum Gasteiger partial charge on any atom is 0.195 e. The summed E-state index contributed by atoms with van der Waals surface area (Å²) in [6.45, 7) is 0. The predicted molar refractivity (Wildman–Crippen MR) is 62.4 cm³/mol. The van der Waals surface area contributed by atoms with Crippen molar-refractivity contribution in [2.24, 2.45) is 10.7 Å². The maximum absolute atomic E-state index is 5.87. The molecule has 0 amide bonds. The number of aliphatic imine (C=N–C) groups is 1. The first-order chi connectivity index (χ1) is 6.56. The molecule has 0 atom stereocenters. The minimum Gasteiger partial charge on any atom is -0.370 e. The molecule has 0 unspecified atom stereocenters. The summed E-state index contributed by atoms with van der Waals surface area (Å²) in [5.41, 5.74) is 6.49. The molecule has 14 heavy (non-hydrogen) atoms. The highest BCUT2D eigenvalue weighted by molar-refractivity contribution is 6.42. The molecule has 1 aromatic carbocycles. The highest BCUT2D eigenvalue weighted by atomic mass is 35.5. The Morgan fingerprint density at radius 1 is 1.36 bits per heavy atom. The molecular formula is C9H11Cl2N3. The summed E-state index contributed by atoms with van der Waals surface area (Å²) in [5, 5.41) is 1.02. The number of hydrogen-bond donors (Lipinski definition) is 1. The second-order valence-corrected chi connectivity index (χ2v) is 3.55. The van der Waals surface area contributed by atoms with Crippen molar-refractivity contribution in [1.82, 2.24) is 0 Å². The van der Waals surface area contributed by atoms with E-state index >= 15 is 0 Å². The second-order valence-electron chi connectivity index (χ2n) is 2.74. The van der Waals surface area contributed by atoms with Crippen molar-refractivity contribution >= 4 is 34.8 Å². The first kappa shape index (κ1) is 11.1. The molecule has 0 spiro atoms. The van der Waals surface area contributed by atoms with Gasteiger partial charge in [0.1, 0.15) is 0 Å². The summed E-state index contributed by atoms with van der Waals surface area (Å²) in [5.74, 6) is 0.420. The van der Waals surface area contributed by atoms with Crippen LogP contribution in [0.25, 0.3) is 0 Å². The van der Waals surface area contributed by atoms with Gasteiger partial charge in [0.2, 0.25) is 0 Å². The van der Waals surface area contributed by atoms with Crippen LogP contribution in [0.5, 0.6) is 0 Å². The van der Waals surface area contributed by atoms with Gasteiger partial charge in [-0.15, -0.1) is 0 Å². The lowest BCUT2D eigenvalue weighted by Crippen LogP contribution is -2.33. The summed E-state index contributed by atoms with van der Waals surface area (Å²) in [6.07, 6.45) is 0. The van der Waals surface area contributed by atoms with Gasteiger partial charge >= 0.3 is 0 Å². The van der Waals surface area contributed by atoms with Gasteiger partial charge in [0.15, 0.2) is 5.96 Å².